The first-order valence-corrected chi connectivity index (χ1v) is 19.9. The maximum absolute atomic E-state index is 12.7. The van der Waals surface area contributed by atoms with Gasteiger partial charge in [-0.25, -0.2) is 22.5 Å². The number of benzene rings is 1. The largest absolute Gasteiger partial charge is 0.483 e. The van der Waals surface area contributed by atoms with E-state index < -0.39 is 97.7 Å². The van der Waals surface area contributed by atoms with Gasteiger partial charge < -0.3 is 50.5 Å². The number of aliphatic hydroxyl groups is 5. The van der Waals surface area contributed by atoms with Crippen LogP contribution in [0.5, 0.6) is 0 Å². The topological polar surface area (TPSA) is 346 Å². The molecule has 26 heteroatoms. The number of rotatable bonds is 12. The van der Waals surface area contributed by atoms with E-state index in [4.69, 9.17) is 15.2 Å². The number of imidazole rings is 1. The van der Waals surface area contributed by atoms with Crippen LogP contribution in [0.3, 0.4) is 0 Å². The lowest BCUT2D eigenvalue weighted by Crippen LogP contribution is -2.58. The summed E-state index contributed by atoms with van der Waals surface area (Å²) in [6, 6.07) is 5.79. The number of fused-ring (bicyclic) bond motifs is 1. The van der Waals surface area contributed by atoms with Gasteiger partial charge in [-0.05, 0) is 29.9 Å². The highest BCUT2D eigenvalue weighted by atomic mass is 33.1. The van der Waals surface area contributed by atoms with Crippen LogP contribution in [-0.4, -0.2) is 125 Å². The van der Waals surface area contributed by atoms with Gasteiger partial charge in [-0.1, -0.05) is 17.7 Å². The number of hydrogen-bond acceptors (Lipinski definition) is 19. The van der Waals surface area contributed by atoms with Crippen LogP contribution >= 0.6 is 26.4 Å². The Labute approximate surface area is 278 Å². The third kappa shape index (κ3) is 8.42. The second kappa shape index (κ2) is 14.3. The Morgan fingerprint density at radius 1 is 0.980 bits per heavy atom. The maximum Gasteiger partial charge on any atom is 0.483 e. The number of nitrogens with one attached hydrogen (secondary N) is 1. The number of nitrogens with two attached hydrogens (primary N) is 1. The molecule has 2 aliphatic heterocycles. The summed E-state index contributed by atoms with van der Waals surface area (Å²) in [5.74, 6) is -0.858. The highest BCUT2D eigenvalue weighted by Gasteiger charge is 2.50. The van der Waals surface area contributed by atoms with Crippen LogP contribution in [0.15, 0.2) is 40.3 Å². The molecule has 10 N–H and O–H groups in total. The number of ether oxygens (including phenoxy) is 2. The van der Waals surface area contributed by atoms with Crippen molar-refractivity contribution in [1.82, 2.24) is 19.5 Å². The zero-order valence-electron chi connectivity index (χ0n) is 24.8. The minimum Gasteiger partial charge on any atom is -0.388 e. The van der Waals surface area contributed by atoms with Gasteiger partial charge in [0.15, 0.2) is 23.7 Å². The Morgan fingerprint density at radius 3 is 2.31 bits per heavy atom. The predicted molar refractivity (Wildman–Crippen MR) is 164 cm³/mol. The molecule has 0 saturated carbocycles. The Kier molecular flexibility index (Phi) is 11.1. The molecule has 0 amide bonds. The Bertz CT molecular complexity index is 1930. The third-order valence-electron chi connectivity index (χ3n) is 7.27. The van der Waals surface area contributed by atoms with Gasteiger partial charge in [0.1, 0.15) is 36.6 Å². The van der Waals surface area contributed by atoms with E-state index in [-0.39, 0.29) is 22.0 Å². The molecule has 11 atom stereocenters. The van der Waals surface area contributed by atoms with Crippen molar-refractivity contribution in [3.63, 3.8) is 0 Å². The Morgan fingerprint density at radius 2 is 1.63 bits per heavy atom. The summed E-state index contributed by atoms with van der Waals surface area (Å²) in [5.41, 5.74) is 5.32. The summed E-state index contributed by atoms with van der Waals surface area (Å²) in [6.45, 7) is 0.711. The SMILES string of the molecule is Cc1ccc(S(=O)(=O)SCC2OC(OP(=O)(O)OP(=O)(O)OCC3OC(n4cnc5c(=O)[nH]c(N)nc54)C(O)C3O)C(O)C(O)C2O)cc1. The quantitative estimate of drug-likeness (QED) is 0.0697. The molecular weight excluding hydrogens is 744 g/mol. The normalized spacial score (nSPS) is 31.8. The molecule has 2 fully saturated rings. The molecule has 22 nitrogen and oxygen atoms in total. The van der Waals surface area contributed by atoms with Gasteiger partial charge >= 0.3 is 15.6 Å². The van der Waals surface area contributed by atoms with Crippen molar-refractivity contribution in [2.45, 2.75) is 67.1 Å². The number of phosphoric ester groups is 2. The van der Waals surface area contributed by atoms with E-state index in [1.165, 1.54) is 12.1 Å². The Hall–Kier alpha value is -2.35. The molecule has 4 heterocycles. The van der Waals surface area contributed by atoms with Gasteiger partial charge in [-0.15, -0.1) is 0 Å². The number of hydrogen-bond donors (Lipinski definition) is 9. The first-order valence-electron chi connectivity index (χ1n) is 13.9. The summed E-state index contributed by atoms with van der Waals surface area (Å²) in [7, 11) is -15.0. The minimum absolute atomic E-state index is 0.0803. The van der Waals surface area contributed by atoms with Crippen molar-refractivity contribution in [1.29, 1.82) is 0 Å². The second-order valence-electron chi connectivity index (χ2n) is 10.8. The van der Waals surface area contributed by atoms with Crippen LogP contribution in [0.4, 0.5) is 5.95 Å². The minimum atomic E-state index is -5.73. The van der Waals surface area contributed by atoms with E-state index in [0.717, 1.165) is 16.5 Å². The summed E-state index contributed by atoms with van der Waals surface area (Å²) in [4.78, 5) is 42.2. The van der Waals surface area contributed by atoms with E-state index in [0.29, 0.717) is 10.8 Å². The second-order valence-corrected chi connectivity index (χ2v) is 17.8. The zero-order chi connectivity index (χ0) is 36.1. The fraction of sp³-hybridized carbons (Fsp3) is 0.522. The molecule has 2 aromatic heterocycles. The van der Waals surface area contributed by atoms with E-state index in [1.807, 2.05) is 0 Å². The van der Waals surface area contributed by atoms with Gasteiger partial charge in [-0.3, -0.25) is 23.4 Å². The summed E-state index contributed by atoms with van der Waals surface area (Å²) in [6.07, 6.45) is -15.6. The third-order valence-corrected chi connectivity index (χ3v) is 13.4. The van der Waals surface area contributed by atoms with Gasteiger partial charge in [0, 0.05) is 5.75 Å². The van der Waals surface area contributed by atoms with Gasteiger partial charge in [0.05, 0.1) is 23.9 Å². The fourth-order valence-electron chi connectivity index (χ4n) is 4.77. The number of aliphatic hydroxyl groups excluding tert-OH is 5. The number of H-pyrrole nitrogens is 1. The first kappa shape index (κ1) is 37.9. The summed E-state index contributed by atoms with van der Waals surface area (Å²) < 4.78 is 75.9. The highest BCUT2D eigenvalue weighted by Crippen LogP contribution is 2.61. The number of aromatic amines is 1. The van der Waals surface area contributed by atoms with Crippen molar-refractivity contribution in [3.8, 4) is 0 Å². The van der Waals surface area contributed by atoms with Crippen LogP contribution < -0.4 is 11.3 Å². The number of anilines is 1. The van der Waals surface area contributed by atoms with Crippen LogP contribution in [0.2, 0.25) is 0 Å². The lowest BCUT2D eigenvalue weighted by molar-refractivity contribution is -0.270. The maximum atomic E-state index is 12.7. The fourth-order valence-corrected chi connectivity index (χ4v) is 9.80. The molecule has 2 aliphatic rings. The lowest BCUT2D eigenvalue weighted by Gasteiger charge is -2.40. The monoisotopic (exact) mass is 775 g/mol. The standard InChI is InChI=1S/C23H31N5O17P2S2/c1-9-2-4-10(5-3-9)49(39,40)48-7-12-15(30)16(31)18(33)22(43-12)44-47(37,38)45-46(35,36)41-6-11-14(29)17(32)21(42-11)28-8-25-13-19(28)26-23(24)27-20(13)34/h2-5,8,11-12,14-18,21-22,29-33H,6-7H2,1H3,(H,35,36)(H,37,38)(H3,24,26,27,34). The molecule has 0 bridgehead atoms. The van der Waals surface area contributed by atoms with Gasteiger partial charge in [0.2, 0.25) is 14.8 Å². The van der Waals surface area contributed by atoms with E-state index >= 15 is 0 Å². The summed E-state index contributed by atoms with van der Waals surface area (Å²) in [5, 5.41) is 51.9. The first-order chi connectivity index (χ1) is 22.8. The molecule has 0 radical (unpaired) electrons. The van der Waals surface area contributed by atoms with E-state index in [1.54, 1.807) is 19.1 Å². The molecule has 2 saturated heterocycles. The van der Waals surface area contributed by atoms with Crippen LogP contribution in [0, 0.1) is 6.92 Å². The highest BCUT2D eigenvalue weighted by molar-refractivity contribution is 8.72. The van der Waals surface area contributed by atoms with Crippen molar-refractivity contribution < 1.29 is 75.7 Å². The van der Waals surface area contributed by atoms with Crippen LogP contribution in [0.1, 0.15) is 11.8 Å². The Balaban J connectivity index is 1.19. The van der Waals surface area contributed by atoms with Crippen molar-refractivity contribution in [2.24, 2.45) is 0 Å². The van der Waals surface area contributed by atoms with E-state index in [9.17, 15) is 57.7 Å². The number of aryl methyl sites for hydroxylation is 1. The van der Waals surface area contributed by atoms with Gasteiger partial charge in [0.25, 0.3) is 5.56 Å². The molecule has 5 rings (SSSR count). The molecule has 1 aromatic carbocycles. The van der Waals surface area contributed by atoms with Crippen LogP contribution in [-0.2, 0) is 40.8 Å². The number of aromatic nitrogens is 4. The average molecular weight is 776 g/mol. The number of nitrogens with zero attached hydrogens (tertiary/aromatic N) is 3. The smallest absolute Gasteiger partial charge is 0.388 e. The molecule has 11 unspecified atom stereocenters. The molecule has 272 valence electrons. The van der Waals surface area contributed by atoms with Crippen molar-refractivity contribution in [2.75, 3.05) is 18.1 Å². The number of nitrogen functional groups attached to an aromatic ring is 1. The van der Waals surface area contributed by atoms with Gasteiger partial charge in [-0.2, -0.15) is 9.29 Å². The molecule has 0 spiro atoms. The number of phosphoric acid groups is 2. The lowest BCUT2D eigenvalue weighted by atomic mass is 10.0. The molecule has 0 aliphatic carbocycles. The average Bonchev–Trinajstić information content (AvgIpc) is 3.55. The molecule has 49 heavy (non-hydrogen) atoms. The molecular formula is C23H31N5O17P2S2. The molecule has 3 aromatic rings. The zero-order valence-corrected chi connectivity index (χ0v) is 28.3. The van der Waals surface area contributed by atoms with Crippen molar-refractivity contribution >= 4 is 52.4 Å². The summed E-state index contributed by atoms with van der Waals surface area (Å²) >= 11 is 0. The predicted octanol–water partition coefficient (Wildman–Crippen LogP) is -2.19. The van der Waals surface area contributed by atoms with Crippen molar-refractivity contribution in [3.05, 3.63) is 46.5 Å². The van der Waals surface area contributed by atoms with Crippen LogP contribution in [0.25, 0.3) is 11.2 Å². The van der Waals surface area contributed by atoms with E-state index in [2.05, 4.69) is 28.3 Å².